The molecular weight excluding hydrogens is 208 g/mol. The van der Waals surface area contributed by atoms with Crippen molar-refractivity contribution in [1.82, 2.24) is 10.3 Å². The average Bonchev–Trinajstić information content (AvgIpc) is 2.29. The van der Waals surface area contributed by atoms with Crippen LogP contribution in [-0.4, -0.2) is 33.3 Å². The third-order valence-corrected chi connectivity index (χ3v) is 2.59. The molecule has 5 heteroatoms. The fourth-order valence-corrected chi connectivity index (χ4v) is 1.16. The third-order valence-electron chi connectivity index (χ3n) is 2.59. The number of aromatic hydroxyl groups is 1. The van der Waals surface area contributed by atoms with Crippen LogP contribution in [0, 0.1) is 0 Å². The maximum atomic E-state index is 11.8. The van der Waals surface area contributed by atoms with Crippen molar-refractivity contribution in [1.29, 1.82) is 0 Å². The van der Waals surface area contributed by atoms with E-state index in [1.54, 1.807) is 6.92 Å². The molecule has 3 N–H and O–H groups in total. The zero-order valence-corrected chi connectivity index (χ0v) is 9.40. The Hall–Kier alpha value is -1.62. The Bertz CT molecular complexity index is 375. The van der Waals surface area contributed by atoms with Gasteiger partial charge >= 0.3 is 0 Å². The number of aromatic nitrogens is 1. The van der Waals surface area contributed by atoms with Gasteiger partial charge in [-0.2, -0.15) is 0 Å². The summed E-state index contributed by atoms with van der Waals surface area (Å²) in [6.45, 7) is 3.45. The van der Waals surface area contributed by atoms with E-state index < -0.39 is 11.4 Å². The maximum Gasteiger partial charge on any atom is 0.255 e. The molecule has 1 heterocycles. The highest BCUT2D eigenvalue weighted by Crippen LogP contribution is 2.16. The first-order valence-electron chi connectivity index (χ1n) is 5.09. The van der Waals surface area contributed by atoms with E-state index in [0.29, 0.717) is 6.42 Å². The van der Waals surface area contributed by atoms with Crippen molar-refractivity contribution in [2.45, 2.75) is 25.8 Å². The minimum atomic E-state index is -0.674. The Morgan fingerprint density at radius 2 is 2.31 bits per heavy atom. The normalized spacial score (nSPS) is 14.2. The van der Waals surface area contributed by atoms with Crippen molar-refractivity contribution in [2.24, 2.45) is 0 Å². The summed E-state index contributed by atoms with van der Waals surface area (Å²) in [5, 5.41) is 21.3. The lowest BCUT2D eigenvalue weighted by molar-refractivity contribution is 0.0844. The number of amides is 1. The van der Waals surface area contributed by atoms with Gasteiger partial charge in [0.2, 0.25) is 0 Å². The van der Waals surface area contributed by atoms with Crippen LogP contribution in [0.15, 0.2) is 18.5 Å². The average molecular weight is 224 g/mol. The van der Waals surface area contributed by atoms with Crippen molar-refractivity contribution in [2.75, 3.05) is 6.61 Å². The summed E-state index contributed by atoms with van der Waals surface area (Å²) in [5.41, 5.74) is -0.518. The largest absolute Gasteiger partial charge is 0.505 e. The molecule has 0 aliphatic rings. The summed E-state index contributed by atoms with van der Waals surface area (Å²) in [6.07, 6.45) is 3.23. The molecule has 1 rings (SSSR count). The lowest BCUT2D eigenvalue weighted by Gasteiger charge is -2.27. The topological polar surface area (TPSA) is 82.5 Å². The molecule has 1 aromatic heterocycles. The fourth-order valence-electron chi connectivity index (χ4n) is 1.16. The van der Waals surface area contributed by atoms with Crippen LogP contribution in [0.4, 0.5) is 0 Å². The van der Waals surface area contributed by atoms with Gasteiger partial charge in [-0.3, -0.25) is 9.78 Å². The molecule has 0 saturated heterocycles. The van der Waals surface area contributed by atoms with Crippen molar-refractivity contribution < 1.29 is 15.0 Å². The number of pyridine rings is 1. The van der Waals surface area contributed by atoms with Crippen molar-refractivity contribution in [3.8, 4) is 5.75 Å². The summed E-state index contributed by atoms with van der Waals surface area (Å²) in [6, 6.07) is 1.43. The molecule has 5 nitrogen and oxygen atoms in total. The van der Waals surface area contributed by atoms with Crippen LogP contribution in [-0.2, 0) is 0 Å². The molecule has 1 unspecified atom stereocenters. The standard InChI is InChI=1S/C11H16N2O3/c1-3-11(2,7-14)13-10(16)8-4-5-12-6-9(8)15/h4-6,14-15H,3,7H2,1-2H3,(H,13,16). The summed E-state index contributed by atoms with van der Waals surface area (Å²) < 4.78 is 0. The molecule has 0 aliphatic heterocycles. The minimum Gasteiger partial charge on any atom is -0.505 e. The van der Waals surface area contributed by atoms with E-state index in [4.69, 9.17) is 5.11 Å². The molecule has 1 atom stereocenters. The molecule has 16 heavy (non-hydrogen) atoms. The highest BCUT2D eigenvalue weighted by Gasteiger charge is 2.24. The molecule has 0 bridgehead atoms. The fraction of sp³-hybridized carbons (Fsp3) is 0.455. The van der Waals surface area contributed by atoms with Gasteiger partial charge in [0.15, 0.2) is 0 Å². The number of aliphatic hydroxyl groups is 1. The quantitative estimate of drug-likeness (QED) is 0.702. The van der Waals surface area contributed by atoms with Gasteiger partial charge in [0.05, 0.1) is 23.9 Å². The second-order valence-corrected chi connectivity index (χ2v) is 3.92. The van der Waals surface area contributed by atoms with Gasteiger partial charge in [0.25, 0.3) is 5.91 Å². The number of hydrogen-bond acceptors (Lipinski definition) is 4. The molecule has 0 aliphatic carbocycles. The highest BCUT2D eigenvalue weighted by molar-refractivity contribution is 5.97. The zero-order chi connectivity index (χ0) is 12.2. The lowest BCUT2D eigenvalue weighted by atomic mass is 9.99. The lowest BCUT2D eigenvalue weighted by Crippen LogP contribution is -2.48. The van der Waals surface area contributed by atoms with Crippen LogP contribution >= 0.6 is 0 Å². The van der Waals surface area contributed by atoms with Gasteiger partial charge in [-0.15, -0.1) is 0 Å². The molecule has 0 aromatic carbocycles. The first kappa shape index (κ1) is 12.4. The predicted molar refractivity (Wildman–Crippen MR) is 59.1 cm³/mol. The Morgan fingerprint density at radius 1 is 1.62 bits per heavy atom. The Kier molecular flexibility index (Phi) is 3.84. The number of nitrogens with one attached hydrogen (secondary N) is 1. The number of nitrogens with zero attached hydrogens (tertiary/aromatic N) is 1. The smallest absolute Gasteiger partial charge is 0.255 e. The first-order valence-corrected chi connectivity index (χ1v) is 5.09. The van der Waals surface area contributed by atoms with Crippen LogP contribution in [0.1, 0.15) is 30.6 Å². The van der Waals surface area contributed by atoms with Gasteiger partial charge in [-0.1, -0.05) is 6.92 Å². The Labute approximate surface area is 94.1 Å². The van der Waals surface area contributed by atoms with E-state index >= 15 is 0 Å². The molecule has 0 fully saturated rings. The molecule has 88 valence electrons. The van der Waals surface area contributed by atoms with Crippen LogP contribution < -0.4 is 5.32 Å². The van der Waals surface area contributed by atoms with Gasteiger partial charge in [-0.25, -0.2) is 0 Å². The second-order valence-electron chi connectivity index (χ2n) is 3.92. The van der Waals surface area contributed by atoms with Crippen LogP contribution in [0.25, 0.3) is 0 Å². The predicted octanol–water partition coefficient (Wildman–Crippen LogP) is 0.678. The van der Waals surface area contributed by atoms with E-state index in [-0.39, 0.29) is 17.9 Å². The van der Waals surface area contributed by atoms with Crippen LogP contribution in [0.3, 0.4) is 0 Å². The summed E-state index contributed by atoms with van der Waals surface area (Å²) in [7, 11) is 0. The van der Waals surface area contributed by atoms with Gasteiger partial charge in [0.1, 0.15) is 5.75 Å². The van der Waals surface area contributed by atoms with Gasteiger partial charge in [0, 0.05) is 6.20 Å². The summed E-state index contributed by atoms with van der Waals surface area (Å²) in [5.74, 6) is -0.588. The monoisotopic (exact) mass is 224 g/mol. The van der Waals surface area contributed by atoms with Crippen molar-refractivity contribution in [3.63, 3.8) is 0 Å². The van der Waals surface area contributed by atoms with Crippen LogP contribution in [0.2, 0.25) is 0 Å². The summed E-state index contributed by atoms with van der Waals surface area (Å²) in [4.78, 5) is 15.5. The van der Waals surface area contributed by atoms with Crippen LogP contribution in [0.5, 0.6) is 5.75 Å². The van der Waals surface area contributed by atoms with E-state index in [0.717, 1.165) is 0 Å². The van der Waals surface area contributed by atoms with Crippen molar-refractivity contribution >= 4 is 5.91 Å². The molecule has 1 amide bonds. The van der Waals surface area contributed by atoms with Gasteiger partial charge in [-0.05, 0) is 19.4 Å². The van der Waals surface area contributed by atoms with E-state index in [2.05, 4.69) is 10.3 Å². The van der Waals surface area contributed by atoms with E-state index in [9.17, 15) is 9.90 Å². The minimum absolute atomic E-state index is 0.152. The Balaban J connectivity index is 2.84. The Morgan fingerprint density at radius 3 is 2.81 bits per heavy atom. The van der Waals surface area contributed by atoms with Gasteiger partial charge < -0.3 is 15.5 Å². The van der Waals surface area contributed by atoms with E-state index in [1.807, 2.05) is 6.92 Å². The zero-order valence-electron chi connectivity index (χ0n) is 9.40. The number of hydrogen-bond donors (Lipinski definition) is 3. The third kappa shape index (κ3) is 2.70. The van der Waals surface area contributed by atoms with Crippen molar-refractivity contribution in [3.05, 3.63) is 24.0 Å². The summed E-state index contributed by atoms with van der Waals surface area (Å²) >= 11 is 0. The number of carbonyl (C=O) groups excluding carboxylic acids is 1. The number of aliphatic hydroxyl groups excluding tert-OH is 1. The highest BCUT2D eigenvalue weighted by atomic mass is 16.3. The molecule has 0 radical (unpaired) electrons. The second kappa shape index (κ2) is 4.94. The SMILES string of the molecule is CCC(C)(CO)NC(=O)c1ccncc1O. The van der Waals surface area contributed by atoms with E-state index in [1.165, 1.54) is 18.5 Å². The molecule has 1 aromatic rings. The molecule has 0 saturated carbocycles. The molecular formula is C11H16N2O3. The first-order chi connectivity index (χ1) is 7.52. The number of rotatable bonds is 4. The number of carbonyl (C=O) groups is 1. The maximum absolute atomic E-state index is 11.8. The molecule has 0 spiro atoms.